The van der Waals surface area contributed by atoms with Crippen LogP contribution in [0.15, 0.2) is 72.8 Å². The van der Waals surface area contributed by atoms with Crippen LogP contribution in [0.2, 0.25) is 0 Å². The van der Waals surface area contributed by atoms with Gasteiger partial charge in [0.25, 0.3) is 0 Å². The molecule has 0 saturated heterocycles. The van der Waals surface area contributed by atoms with Gasteiger partial charge in [0, 0.05) is 11.1 Å². The van der Waals surface area contributed by atoms with Crippen molar-refractivity contribution < 1.29 is 19.1 Å². The molecule has 0 aliphatic rings. The van der Waals surface area contributed by atoms with E-state index in [1.807, 2.05) is 45.0 Å². The number of aromatic nitrogens is 3. The quantitative estimate of drug-likeness (QED) is 0.299. The Kier molecular flexibility index (Phi) is 8.09. The number of nitrogens with zero attached hydrogens (tertiary/aromatic N) is 4. The van der Waals surface area contributed by atoms with Gasteiger partial charge in [-0.15, -0.1) is 5.10 Å². The Balaban J connectivity index is 1.89. The lowest BCUT2D eigenvalue weighted by atomic mass is 9.97. The van der Waals surface area contributed by atoms with Crippen molar-refractivity contribution in [2.45, 2.75) is 52.2 Å². The summed E-state index contributed by atoms with van der Waals surface area (Å²) in [4.78, 5) is 42.3. The normalized spacial score (nSPS) is 12.1. The predicted molar refractivity (Wildman–Crippen MR) is 150 cm³/mol. The summed E-state index contributed by atoms with van der Waals surface area (Å²) in [6.45, 7) is 7.08. The molecule has 202 valence electrons. The number of hydrogen-bond acceptors (Lipinski definition) is 6. The fourth-order valence-electron chi connectivity index (χ4n) is 4.33. The minimum Gasteiger partial charge on any atom is -0.497 e. The second-order valence-electron chi connectivity index (χ2n) is 9.98. The fourth-order valence-corrected chi connectivity index (χ4v) is 4.33. The molecule has 1 N–H and O–H groups in total. The van der Waals surface area contributed by atoms with Crippen LogP contribution in [0.3, 0.4) is 0 Å². The molecule has 0 saturated carbocycles. The molecule has 4 aromatic rings. The average Bonchev–Trinajstić information content (AvgIpc) is 3.34. The van der Waals surface area contributed by atoms with E-state index in [0.29, 0.717) is 40.0 Å². The Morgan fingerprint density at radius 2 is 1.67 bits per heavy atom. The van der Waals surface area contributed by atoms with Gasteiger partial charge < -0.3 is 10.1 Å². The Bertz CT molecular complexity index is 1490. The van der Waals surface area contributed by atoms with Gasteiger partial charge in [0.15, 0.2) is 5.78 Å². The summed E-state index contributed by atoms with van der Waals surface area (Å²) in [5, 5.41) is 11.4. The van der Waals surface area contributed by atoms with Gasteiger partial charge in [-0.25, -0.2) is 4.68 Å². The molecule has 1 atom stereocenters. The molecule has 1 aromatic heterocycles. The van der Waals surface area contributed by atoms with E-state index in [4.69, 9.17) is 4.74 Å². The summed E-state index contributed by atoms with van der Waals surface area (Å²) in [5.74, 6) is -0.410. The molecule has 0 aliphatic carbocycles. The number of anilines is 1. The van der Waals surface area contributed by atoms with E-state index < -0.39 is 17.5 Å². The van der Waals surface area contributed by atoms with Crippen LogP contribution in [0.4, 0.5) is 5.69 Å². The Morgan fingerprint density at radius 3 is 2.33 bits per heavy atom. The van der Waals surface area contributed by atoms with Gasteiger partial charge in [-0.05, 0) is 69.2 Å². The molecule has 0 unspecified atom stereocenters. The SMILES string of the molecule is CCC(C)(C)NC(=O)[C@H](c1ccc(OC)cc1)N(C(=O)Cn1nnc2ccccc21)c1ccccc1C(C)=O. The number of nitrogens with one attached hydrogen (secondary N) is 1. The van der Waals surface area contributed by atoms with Crippen molar-refractivity contribution in [3.05, 3.63) is 83.9 Å². The topological polar surface area (TPSA) is 106 Å². The number of ketones is 1. The zero-order valence-electron chi connectivity index (χ0n) is 22.8. The van der Waals surface area contributed by atoms with Crippen molar-refractivity contribution in [1.29, 1.82) is 0 Å². The Morgan fingerprint density at radius 1 is 1.00 bits per heavy atom. The van der Waals surface area contributed by atoms with Crippen LogP contribution in [0.25, 0.3) is 11.0 Å². The summed E-state index contributed by atoms with van der Waals surface area (Å²) in [6.07, 6.45) is 0.678. The number of carbonyl (C=O) groups is 3. The molecule has 0 spiro atoms. The molecule has 0 fully saturated rings. The Labute approximate surface area is 227 Å². The summed E-state index contributed by atoms with van der Waals surface area (Å²) in [7, 11) is 1.56. The first kappa shape index (κ1) is 27.5. The molecular formula is C30H33N5O4. The number of carbonyl (C=O) groups excluding carboxylic acids is 3. The lowest BCUT2D eigenvalue weighted by Gasteiger charge is -2.35. The van der Waals surface area contributed by atoms with Gasteiger partial charge >= 0.3 is 0 Å². The lowest BCUT2D eigenvalue weighted by molar-refractivity contribution is -0.128. The molecule has 9 heteroatoms. The van der Waals surface area contributed by atoms with Gasteiger partial charge in [-0.1, -0.05) is 48.5 Å². The number of para-hydroxylation sites is 2. The van der Waals surface area contributed by atoms with Crippen molar-refractivity contribution >= 4 is 34.3 Å². The molecule has 4 rings (SSSR count). The minimum atomic E-state index is -1.08. The zero-order chi connectivity index (χ0) is 28.2. The molecule has 1 heterocycles. The standard InChI is InChI=1S/C30H33N5O4/c1-6-30(3,4)31-29(38)28(21-15-17-22(39-5)18-16-21)35(25-13-9-7-11-23(25)20(2)36)27(37)19-34-26-14-10-8-12-24(26)32-33-34/h7-18,28H,6,19H2,1-5H3,(H,31,38)/t28-/m0/s1. The van der Waals surface area contributed by atoms with Crippen LogP contribution >= 0.6 is 0 Å². The maximum atomic E-state index is 14.2. The lowest BCUT2D eigenvalue weighted by Crippen LogP contribution is -2.51. The third-order valence-corrected chi connectivity index (χ3v) is 6.80. The monoisotopic (exact) mass is 527 g/mol. The summed E-state index contributed by atoms with van der Waals surface area (Å²) >= 11 is 0. The molecule has 9 nitrogen and oxygen atoms in total. The number of Topliss-reactive ketones (excluding diaryl/α,β-unsaturated/α-hetero) is 1. The first-order chi connectivity index (χ1) is 18.6. The van der Waals surface area contributed by atoms with Crippen LogP contribution in [-0.4, -0.2) is 45.2 Å². The highest BCUT2D eigenvalue weighted by atomic mass is 16.5. The molecule has 2 amide bonds. The highest BCUT2D eigenvalue weighted by molar-refractivity contribution is 6.08. The first-order valence-corrected chi connectivity index (χ1v) is 12.8. The van der Waals surface area contributed by atoms with Crippen molar-refractivity contribution in [3.63, 3.8) is 0 Å². The van der Waals surface area contributed by atoms with Crippen LogP contribution in [0.5, 0.6) is 5.75 Å². The maximum absolute atomic E-state index is 14.2. The smallest absolute Gasteiger partial charge is 0.249 e. The number of hydrogen-bond donors (Lipinski definition) is 1. The second kappa shape index (κ2) is 11.5. The van der Waals surface area contributed by atoms with Gasteiger partial charge in [-0.3, -0.25) is 19.3 Å². The maximum Gasteiger partial charge on any atom is 0.249 e. The number of fused-ring (bicyclic) bond motifs is 1. The largest absolute Gasteiger partial charge is 0.497 e. The van der Waals surface area contributed by atoms with Crippen molar-refractivity contribution in [2.24, 2.45) is 0 Å². The van der Waals surface area contributed by atoms with E-state index in [9.17, 15) is 14.4 Å². The highest BCUT2D eigenvalue weighted by Crippen LogP contribution is 2.33. The number of amides is 2. The van der Waals surface area contributed by atoms with Gasteiger partial charge in [-0.2, -0.15) is 0 Å². The molecule has 0 aliphatic heterocycles. The van der Waals surface area contributed by atoms with Gasteiger partial charge in [0.1, 0.15) is 23.9 Å². The van der Waals surface area contributed by atoms with Crippen LogP contribution in [0.1, 0.15) is 56.1 Å². The van der Waals surface area contributed by atoms with E-state index in [1.54, 1.807) is 55.6 Å². The predicted octanol–water partition coefficient (Wildman–Crippen LogP) is 4.72. The number of rotatable bonds is 10. The van der Waals surface area contributed by atoms with E-state index in [-0.39, 0.29) is 18.2 Å². The van der Waals surface area contributed by atoms with Crippen molar-refractivity contribution in [2.75, 3.05) is 12.0 Å². The van der Waals surface area contributed by atoms with E-state index in [1.165, 1.54) is 16.5 Å². The first-order valence-electron chi connectivity index (χ1n) is 12.8. The van der Waals surface area contributed by atoms with E-state index in [0.717, 1.165) is 0 Å². The Hall–Kier alpha value is -4.53. The summed E-state index contributed by atoms with van der Waals surface area (Å²) in [6, 6.07) is 20.1. The van der Waals surface area contributed by atoms with Crippen molar-refractivity contribution in [1.82, 2.24) is 20.3 Å². The molecular weight excluding hydrogens is 494 g/mol. The van der Waals surface area contributed by atoms with Crippen molar-refractivity contribution in [3.8, 4) is 5.75 Å². The third-order valence-electron chi connectivity index (χ3n) is 6.80. The number of benzene rings is 3. The fraction of sp³-hybridized carbons (Fsp3) is 0.300. The number of ether oxygens (including phenoxy) is 1. The molecule has 0 bridgehead atoms. The summed E-state index contributed by atoms with van der Waals surface area (Å²) < 4.78 is 6.82. The summed E-state index contributed by atoms with van der Waals surface area (Å²) in [5.41, 5.74) is 2.03. The average molecular weight is 528 g/mol. The highest BCUT2D eigenvalue weighted by Gasteiger charge is 2.36. The van der Waals surface area contributed by atoms with E-state index >= 15 is 0 Å². The van der Waals surface area contributed by atoms with Gasteiger partial charge in [0.05, 0.1) is 18.3 Å². The van der Waals surface area contributed by atoms with Crippen LogP contribution in [-0.2, 0) is 16.1 Å². The molecule has 0 radical (unpaired) electrons. The zero-order valence-corrected chi connectivity index (χ0v) is 22.8. The minimum absolute atomic E-state index is 0.191. The van der Waals surface area contributed by atoms with Gasteiger partial charge in [0.2, 0.25) is 11.8 Å². The molecule has 3 aromatic carbocycles. The van der Waals surface area contributed by atoms with E-state index in [2.05, 4.69) is 15.6 Å². The number of methoxy groups -OCH3 is 1. The second-order valence-corrected chi connectivity index (χ2v) is 9.98. The van der Waals surface area contributed by atoms with Crippen LogP contribution in [0, 0.1) is 0 Å². The third kappa shape index (κ3) is 5.98. The van der Waals surface area contributed by atoms with Crippen LogP contribution < -0.4 is 15.0 Å². The molecule has 39 heavy (non-hydrogen) atoms.